The number of nitrogens with two attached hydrogens (primary N) is 1. The van der Waals surface area contributed by atoms with Gasteiger partial charge in [0.25, 0.3) is 0 Å². The molecule has 0 spiro atoms. The zero-order chi connectivity index (χ0) is 9.68. The highest BCUT2D eigenvalue weighted by Gasteiger charge is 1.94. The van der Waals surface area contributed by atoms with Crippen molar-refractivity contribution in [2.75, 3.05) is 0 Å². The number of hydrogen-bond acceptors (Lipinski definition) is 2. The summed E-state index contributed by atoms with van der Waals surface area (Å²) in [6.07, 6.45) is 4.66. The molecule has 0 amide bonds. The molecule has 0 fully saturated rings. The summed E-state index contributed by atoms with van der Waals surface area (Å²) in [6.45, 7) is 2.90. The van der Waals surface area contributed by atoms with Crippen LogP contribution in [0.2, 0.25) is 0 Å². The second-order valence-electron chi connectivity index (χ2n) is 3.20. The van der Waals surface area contributed by atoms with Gasteiger partial charge in [-0.05, 0) is 25.8 Å². The fourth-order valence-corrected chi connectivity index (χ4v) is 1.18. The van der Waals surface area contributed by atoms with Gasteiger partial charge in [-0.25, -0.2) is 0 Å². The predicted octanol–water partition coefficient (Wildman–Crippen LogP) is 1.30. The number of nitrogens with zero attached hydrogens (tertiary/aromatic N) is 2. The van der Waals surface area contributed by atoms with Gasteiger partial charge in [0.05, 0.1) is 11.5 Å². The van der Waals surface area contributed by atoms with Crippen molar-refractivity contribution in [1.29, 1.82) is 5.41 Å². The van der Waals surface area contributed by atoms with Gasteiger partial charge in [-0.2, -0.15) is 5.10 Å². The second-order valence-corrected chi connectivity index (χ2v) is 3.20. The topological polar surface area (TPSA) is 67.7 Å². The molecule has 1 rings (SSSR count). The average molecular weight is 180 g/mol. The lowest BCUT2D eigenvalue weighted by Crippen LogP contribution is -2.09. The zero-order valence-corrected chi connectivity index (χ0v) is 7.95. The third-order valence-electron chi connectivity index (χ3n) is 1.86. The van der Waals surface area contributed by atoms with E-state index in [1.54, 1.807) is 0 Å². The van der Waals surface area contributed by atoms with Crippen LogP contribution in [0.5, 0.6) is 0 Å². The van der Waals surface area contributed by atoms with Crippen LogP contribution >= 0.6 is 0 Å². The molecule has 3 N–H and O–H groups in total. The van der Waals surface area contributed by atoms with Crippen molar-refractivity contribution in [2.45, 2.75) is 32.7 Å². The highest BCUT2D eigenvalue weighted by molar-refractivity contribution is 5.76. The van der Waals surface area contributed by atoms with Crippen molar-refractivity contribution in [2.24, 2.45) is 5.73 Å². The Morgan fingerprint density at radius 1 is 1.62 bits per heavy atom. The molecule has 13 heavy (non-hydrogen) atoms. The quantitative estimate of drug-likeness (QED) is 0.407. The molecule has 0 atom stereocenters. The Morgan fingerprint density at radius 2 is 2.38 bits per heavy atom. The molecular weight excluding hydrogens is 164 g/mol. The molecule has 4 nitrogen and oxygen atoms in total. The summed E-state index contributed by atoms with van der Waals surface area (Å²) in [5.74, 6) is 0.275. The standard InChI is InChI=1S/C9H16N4/c1-8-5-7-13(12-8)6-3-2-4-9(10)11/h5,7H,2-4,6H2,1H3,(H3,10,11). The van der Waals surface area contributed by atoms with Crippen molar-refractivity contribution >= 4 is 5.84 Å². The lowest BCUT2D eigenvalue weighted by Gasteiger charge is -2.00. The summed E-state index contributed by atoms with van der Waals surface area (Å²) >= 11 is 0. The zero-order valence-electron chi connectivity index (χ0n) is 7.95. The minimum absolute atomic E-state index is 0.275. The van der Waals surface area contributed by atoms with Gasteiger partial charge in [0, 0.05) is 19.2 Å². The van der Waals surface area contributed by atoms with Gasteiger partial charge in [0.15, 0.2) is 0 Å². The van der Waals surface area contributed by atoms with Crippen LogP contribution in [0.3, 0.4) is 0 Å². The van der Waals surface area contributed by atoms with Gasteiger partial charge in [0.1, 0.15) is 0 Å². The maximum Gasteiger partial charge on any atom is 0.0905 e. The lowest BCUT2D eigenvalue weighted by molar-refractivity contribution is 0.560. The van der Waals surface area contributed by atoms with Crippen LogP contribution in [0, 0.1) is 12.3 Å². The number of aryl methyl sites for hydroxylation is 2. The van der Waals surface area contributed by atoms with E-state index in [0.717, 1.165) is 25.1 Å². The minimum Gasteiger partial charge on any atom is -0.388 e. The molecule has 72 valence electrons. The van der Waals surface area contributed by atoms with E-state index in [1.807, 2.05) is 23.9 Å². The fraction of sp³-hybridized carbons (Fsp3) is 0.556. The largest absolute Gasteiger partial charge is 0.388 e. The summed E-state index contributed by atoms with van der Waals surface area (Å²) in [7, 11) is 0. The number of unbranched alkanes of at least 4 members (excludes halogenated alkanes) is 1. The van der Waals surface area contributed by atoms with Crippen LogP contribution in [0.15, 0.2) is 12.3 Å². The summed E-state index contributed by atoms with van der Waals surface area (Å²) in [6, 6.07) is 1.99. The van der Waals surface area contributed by atoms with Gasteiger partial charge in [0.2, 0.25) is 0 Å². The van der Waals surface area contributed by atoms with E-state index < -0.39 is 0 Å². The second kappa shape index (κ2) is 4.64. The Kier molecular flexibility index (Phi) is 3.49. The van der Waals surface area contributed by atoms with Crippen LogP contribution < -0.4 is 5.73 Å². The highest BCUT2D eigenvalue weighted by Crippen LogP contribution is 1.99. The Balaban J connectivity index is 2.16. The van der Waals surface area contributed by atoms with Crippen LogP contribution in [0.4, 0.5) is 0 Å². The van der Waals surface area contributed by atoms with E-state index in [-0.39, 0.29) is 5.84 Å². The first-order valence-electron chi connectivity index (χ1n) is 4.51. The van der Waals surface area contributed by atoms with Crippen molar-refractivity contribution in [3.05, 3.63) is 18.0 Å². The number of amidine groups is 1. The number of nitrogens with one attached hydrogen (secondary N) is 1. The van der Waals surface area contributed by atoms with Crippen LogP contribution in [0.1, 0.15) is 25.0 Å². The first-order valence-corrected chi connectivity index (χ1v) is 4.51. The summed E-state index contributed by atoms with van der Waals surface area (Å²) < 4.78 is 1.93. The average Bonchev–Trinajstić information content (AvgIpc) is 2.45. The molecule has 0 unspecified atom stereocenters. The van der Waals surface area contributed by atoms with Gasteiger partial charge in [-0.3, -0.25) is 10.1 Å². The molecule has 0 aliphatic heterocycles. The van der Waals surface area contributed by atoms with Gasteiger partial charge >= 0.3 is 0 Å². The van der Waals surface area contributed by atoms with Crippen molar-refractivity contribution in [1.82, 2.24) is 9.78 Å². The first kappa shape index (κ1) is 9.77. The molecule has 0 radical (unpaired) electrons. The third kappa shape index (κ3) is 3.73. The number of hydrogen-bond donors (Lipinski definition) is 2. The number of rotatable bonds is 5. The van der Waals surface area contributed by atoms with Crippen molar-refractivity contribution in [3.8, 4) is 0 Å². The summed E-state index contributed by atoms with van der Waals surface area (Å²) in [5.41, 5.74) is 6.28. The molecule has 1 aromatic rings. The molecule has 0 aromatic carbocycles. The lowest BCUT2D eigenvalue weighted by atomic mass is 10.2. The Hall–Kier alpha value is -1.32. The molecule has 0 bridgehead atoms. The molecule has 1 aromatic heterocycles. The highest BCUT2D eigenvalue weighted by atomic mass is 15.3. The molecule has 0 aliphatic rings. The molecular formula is C9H16N4. The Morgan fingerprint density at radius 3 is 2.92 bits per heavy atom. The van der Waals surface area contributed by atoms with E-state index in [0.29, 0.717) is 6.42 Å². The fourth-order valence-electron chi connectivity index (χ4n) is 1.18. The first-order chi connectivity index (χ1) is 6.18. The van der Waals surface area contributed by atoms with Crippen LogP contribution in [-0.2, 0) is 6.54 Å². The molecule has 4 heteroatoms. The number of aromatic nitrogens is 2. The molecule has 0 saturated carbocycles. The monoisotopic (exact) mass is 180 g/mol. The van der Waals surface area contributed by atoms with Crippen LogP contribution in [-0.4, -0.2) is 15.6 Å². The smallest absolute Gasteiger partial charge is 0.0905 e. The van der Waals surface area contributed by atoms with Gasteiger partial charge in [-0.15, -0.1) is 0 Å². The minimum atomic E-state index is 0.275. The Labute approximate surface area is 78.3 Å². The summed E-state index contributed by atoms with van der Waals surface area (Å²) in [5, 5.41) is 11.3. The Bertz CT molecular complexity index is 277. The van der Waals surface area contributed by atoms with E-state index in [2.05, 4.69) is 5.10 Å². The van der Waals surface area contributed by atoms with E-state index in [1.165, 1.54) is 0 Å². The molecule has 0 aliphatic carbocycles. The van der Waals surface area contributed by atoms with E-state index >= 15 is 0 Å². The molecule has 1 heterocycles. The SMILES string of the molecule is Cc1ccn(CCCCC(=N)N)n1. The maximum atomic E-state index is 7.04. The summed E-state index contributed by atoms with van der Waals surface area (Å²) in [4.78, 5) is 0. The molecule has 0 saturated heterocycles. The van der Waals surface area contributed by atoms with Crippen LogP contribution in [0.25, 0.3) is 0 Å². The van der Waals surface area contributed by atoms with Crippen molar-refractivity contribution in [3.63, 3.8) is 0 Å². The predicted molar refractivity (Wildman–Crippen MR) is 52.7 cm³/mol. The third-order valence-corrected chi connectivity index (χ3v) is 1.86. The maximum absolute atomic E-state index is 7.04. The normalized spacial score (nSPS) is 10.2. The van der Waals surface area contributed by atoms with E-state index in [4.69, 9.17) is 11.1 Å². The van der Waals surface area contributed by atoms with Gasteiger partial charge < -0.3 is 5.73 Å². The van der Waals surface area contributed by atoms with Gasteiger partial charge in [-0.1, -0.05) is 0 Å². The van der Waals surface area contributed by atoms with Crippen molar-refractivity contribution < 1.29 is 0 Å². The van der Waals surface area contributed by atoms with E-state index in [9.17, 15) is 0 Å².